The van der Waals surface area contributed by atoms with E-state index >= 15 is 0 Å². The van der Waals surface area contributed by atoms with Crippen molar-refractivity contribution < 1.29 is 9.53 Å². The van der Waals surface area contributed by atoms with Gasteiger partial charge in [0, 0.05) is 12.5 Å². The number of para-hydroxylation sites is 1. The summed E-state index contributed by atoms with van der Waals surface area (Å²) >= 11 is 0. The fourth-order valence-corrected chi connectivity index (χ4v) is 1.95. The van der Waals surface area contributed by atoms with Crippen LogP contribution >= 0.6 is 0 Å². The summed E-state index contributed by atoms with van der Waals surface area (Å²) in [5, 5.41) is 3.25. The summed E-state index contributed by atoms with van der Waals surface area (Å²) in [6.07, 6.45) is 0.124. The number of fused-ring (bicyclic) bond motifs is 1. The van der Waals surface area contributed by atoms with Crippen molar-refractivity contribution in [3.8, 4) is 0 Å². The number of nitrogens with two attached hydrogens (primary N) is 2. The van der Waals surface area contributed by atoms with E-state index in [1.54, 1.807) is 0 Å². The molecule has 16 heavy (non-hydrogen) atoms. The summed E-state index contributed by atoms with van der Waals surface area (Å²) < 4.78 is 4.79. The second kappa shape index (κ2) is 4.30. The summed E-state index contributed by atoms with van der Waals surface area (Å²) in [5.74, 6) is 0.252. The van der Waals surface area contributed by atoms with Crippen LogP contribution in [0.1, 0.15) is 5.56 Å². The van der Waals surface area contributed by atoms with Crippen LogP contribution in [0, 0.1) is 5.92 Å². The van der Waals surface area contributed by atoms with E-state index in [0.29, 0.717) is 6.61 Å². The molecule has 5 heteroatoms. The van der Waals surface area contributed by atoms with Gasteiger partial charge in [-0.2, -0.15) is 0 Å². The van der Waals surface area contributed by atoms with Gasteiger partial charge in [0.15, 0.2) is 0 Å². The molecule has 0 radical (unpaired) electrons. The standard InChI is InChI=1S/C11H15N3O2/c12-9-3-1-2-8-4-7(5-14-10(8)9)6-16-11(13)15/h1-3,7,14H,4-6,12H2,(H2,13,15). The molecule has 1 unspecified atom stereocenters. The van der Waals surface area contributed by atoms with Gasteiger partial charge < -0.3 is 21.5 Å². The quantitative estimate of drug-likeness (QED) is 0.648. The molecule has 0 spiro atoms. The molecule has 2 rings (SSSR count). The lowest BCUT2D eigenvalue weighted by Crippen LogP contribution is -2.29. The summed E-state index contributed by atoms with van der Waals surface area (Å²) in [6, 6.07) is 5.81. The second-order valence-corrected chi connectivity index (χ2v) is 3.96. The van der Waals surface area contributed by atoms with E-state index < -0.39 is 6.09 Å². The summed E-state index contributed by atoms with van der Waals surface area (Å²) in [7, 11) is 0. The number of hydrogen-bond acceptors (Lipinski definition) is 4. The number of nitrogen functional groups attached to an aromatic ring is 1. The minimum atomic E-state index is -0.724. The van der Waals surface area contributed by atoms with E-state index in [1.165, 1.54) is 0 Å². The maximum Gasteiger partial charge on any atom is 0.404 e. The second-order valence-electron chi connectivity index (χ2n) is 3.96. The highest BCUT2D eigenvalue weighted by Gasteiger charge is 2.20. The molecule has 1 aliphatic rings. The normalized spacial score (nSPS) is 18.4. The Hall–Kier alpha value is -1.91. The summed E-state index contributed by atoms with van der Waals surface area (Å²) in [6.45, 7) is 1.09. The summed E-state index contributed by atoms with van der Waals surface area (Å²) in [4.78, 5) is 10.5. The fraction of sp³-hybridized carbons (Fsp3) is 0.364. The van der Waals surface area contributed by atoms with Gasteiger partial charge in [-0.05, 0) is 18.1 Å². The number of ether oxygens (including phenoxy) is 1. The smallest absolute Gasteiger partial charge is 0.404 e. The van der Waals surface area contributed by atoms with E-state index in [0.717, 1.165) is 29.9 Å². The lowest BCUT2D eigenvalue weighted by Gasteiger charge is -2.26. The number of primary amides is 1. The molecule has 1 aromatic carbocycles. The van der Waals surface area contributed by atoms with E-state index in [-0.39, 0.29) is 5.92 Å². The number of rotatable bonds is 2. The molecule has 1 aliphatic heterocycles. The van der Waals surface area contributed by atoms with Gasteiger partial charge in [0.25, 0.3) is 0 Å². The van der Waals surface area contributed by atoms with Crippen LogP contribution in [0.15, 0.2) is 18.2 Å². The molecule has 1 amide bonds. The van der Waals surface area contributed by atoms with Gasteiger partial charge in [-0.1, -0.05) is 12.1 Å². The Bertz CT molecular complexity index is 406. The SMILES string of the molecule is NC(=O)OCC1CNc2c(N)cccc2C1. The van der Waals surface area contributed by atoms with E-state index in [9.17, 15) is 4.79 Å². The van der Waals surface area contributed by atoms with E-state index in [1.807, 2.05) is 18.2 Å². The first-order valence-corrected chi connectivity index (χ1v) is 5.20. The highest BCUT2D eigenvalue weighted by Crippen LogP contribution is 2.29. The predicted octanol–water partition coefficient (Wildman–Crippen LogP) is 0.948. The Morgan fingerprint density at radius 1 is 1.56 bits per heavy atom. The van der Waals surface area contributed by atoms with Gasteiger partial charge in [-0.25, -0.2) is 4.79 Å². The highest BCUT2D eigenvalue weighted by molar-refractivity contribution is 5.71. The maximum atomic E-state index is 10.5. The molecule has 5 N–H and O–H groups in total. The molecule has 1 aromatic rings. The number of benzene rings is 1. The minimum Gasteiger partial charge on any atom is -0.449 e. The third-order valence-electron chi connectivity index (χ3n) is 2.72. The lowest BCUT2D eigenvalue weighted by molar-refractivity contribution is 0.138. The molecule has 5 nitrogen and oxygen atoms in total. The molecular formula is C11H15N3O2. The molecule has 1 atom stereocenters. The van der Waals surface area contributed by atoms with Gasteiger partial charge in [-0.3, -0.25) is 0 Å². The average Bonchev–Trinajstić information content (AvgIpc) is 2.26. The Balaban J connectivity index is 2.04. The zero-order chi connectivity index (χ0) is 11.5. The van der Waals surface area contributed by atoms with Crippen molar-refractivity contribution in [2.45, 2.75) is 6.42 Å². The summed E-state index contributed by atoms with van der Waals surface area (Å²) in [5.41, 5.74) is 13.7. The zero-order valence-corrected chi connectivity index (χ0v) is 8.90. The van der Waals surface area contributed by atoms with Crippen molar-refractivity contribution in [2.75, 3.05) is 24.2 Å². The topological polar surface area (TPSA) is 90.4 Å². The average molecular weight is 221 g/mol. The van der Waals surface area contributed by atoms with E-state index in [4.69, 9.17) is 16.2 Å². The zero-order valence-electron chi connectivity index (χ0n) is 8.90. The number of carbonyl (C=O) groups excluding carboxylic acids is 1. The van der Waals surface area contributed by atoms with Crippen molar-refractivity contribution in [3.05, 3.63) is 23.8 Å². The molecule has 86 valence electrons. The molecular weight excluding hydrogens is 206 g/mol. The van der Waals surface area contributed by atoms with Crippen LogP contribution in [0.2, 0.25) is 0 Å². The number of hydrogen-bond donors (Lipinski definition) is 3. The van der Waals surface area contributed by atoms with Gasteiger partial charge in [0.2, 0.25) is 0 Å². The van der Waals surface area contributed by atoms with Crippen LogP contribution < -0.4 is 16.8 Å². The number of anilines is 2. The van der Waals surface area contributed by atoms with Crippen LogP contribution in [0.3, 0.4) is 0 Å². The first kappa shape index (κ1) is 10.6. The maximum absolute atomic E-state index is 10.5. The molecule has 1 heterocycles. The molecule has 0 saturated carbocycles. The van der Waals surface area contributed by atoms with Crippen LogP contribution in [-0.4, -0.2) is 19.2 Å². The Kier molecular flexibility index (Phi) is 2.85. The van der Waals surface area contributed by atoms with Gasteiger partial charge >= 0.3 is 6.09 Å². The molecule has 0 bridgehead atoms. The molecule has 0 saturated heterocycles. The lowest BCUT2D eigenvalue weighted by atomic mass is 9.94. The van der Waals surface area contributed by atoms with Gasteiger partial charge in [0.05, 0.1) is 18.0 Å². The number of carbonyl (C=O) groups is 1. The van der Waals surface area contributed by atoms with Crippen molar-refractivity contribution in [3.63, 3.8) is 0 Å². The molecule has 0 aliphatic carbocycles. The van der Waals surface area contributed by atoms with Crippen molar-refractivity contribution in [1.82, 2.24) is 0 Å². The van der Waals surface area contributed by atoms with Crippen molar-refractivity contribution in [2.24, 2.45) is 11.7 Å². The minimum absolute atomic E-state index is 0.252. The van der Waals surface area contributed by atoms with Crippen molar-refractivity contribution >= 4 is 17.5 Å². The van der Waals surface area contributed by atoms with Crippen molar-refractivity contribution in [1.29, 1.82) is 0 Å². The third-order valence-corrected chi connectivity index (χ3v) is 2.72. The molecule has 0 aromatic heterocycles. The Morgan fingerprint density at radius 2 is 2.38 bits per heavy atom. The third kappa shape index (κ3) is 2.18. The fourth-order valence-electron chi connectivity index (χ4n) is 1.95. The van der Waals surface area contributed by atoms with Crippen LogP contribution in [0.5, 0.6) is 0 Å². The first-order valence-electron chi connectivity index (χ1n) is 5.20. The van der Waals surface area contributed by atoms with Gasteiger partial charge in [0.1, 0.15) is 0 Å². The number of nitrogens with one attached hydrogen (secondary N) is 1. The predicted molar refractivity (Wildman–Crippen MR) is 62.1 cm³/mol. The molecule has 0 fully saturated rings. The van der Waals surface area contributed by atoms with Crippen LogP contribution in [0.4, 0.5) is 16.2 Å². The monoisotopic (exact) mass is 221 g/mol. The van der Waals surface area contributed by atoms with Gasteiger partial charge in [-0.15, -0.1) is 0 Å². The Labute approximate surface area is 93.8 Å². The van der Waals surface area contributed by atoms with Crippen LogP contribution in [0.25, 0.3) is 0 Å². The largest absolute Gasteiger partial charge is 0.449 e. The van der Waals surface area contributed by atoms with Crippen LogP contribution in [-0.2, 0) is 11.2 Å². The number of amides is 1. The highest BCUT2D eigenvalue weighted by atomic mass is 16.5. The van der Waals surface area contributed by atoms with E-state index in [2.05, 4.69) is 5.32 Å². The Morgan fingerprint density at radius 3 is 3.12 bits per heavy atom. The first-order chi connectivity index (χ1) is 7.66.